The number of urea groups is 1. The zero-order valence-corrected chi connectivity index (χ0v) is 19.3. The van der Waals surface area contributed by atoms with Gasteiger partial charge < -0.3 is 24.6 Å². The number of nitrogens with one attached hydrogen (secondary N) is 1. The van der Waals surface area contributed by atoms with Crippen LogP contribution in [0.25, 0.3) is 0 Å². The molecular formula is C22H32N4O3S. The van der Waals surface area contributed by atoms with Crippen molar-refractivity contribution in [1.82, 2.24) is 15.2 Å². The Labute approximate surface area is 183 Å². The van der Waals surface area contributed by atoms with E-state index in [1.165, 1.54) is 0 Å². The normalized spacial score (nSPS) is 15.0. The molecule has 0 unspecified atom stereocenters. The maximum absolute atomic E-state index is 12.8. The molecule has 1 aromatic carbocycles. The molecule has 0 bridgehead atoms. The van der Waals surface area contributed by atoms with Crippen LogP contribution >= 0.6 is 11.3 Å². The van der Waals surface area contributed by atoms with Crippen molar-refractivity contribution in [3.05, 3.63) is 34.8 Å². The fraction of sp³-hybridized carbons (Fsp3) is 0.545. The summed E-state index contributed by atoms with van der Waals surface area (Å²) in [4.78, 5) is 21.6. The largest absolute Gasteiger partial charge is 0.493 e. The number of nitrogens with zero attached hydrogens (tertiary/aromatic N) is 3. The number of hydrogen-bond acceptors (Lipinski definition) is 6. The first-order chi connectivity index (χ1) is 14.3. The maximum atomic E-state index is 12.8. The van der Waals surface area contributed by atoms with Gasteiger partial charge in [-0.1, -0.05) is 19.9 Å². The summed E-state index contributed by atoms with van der Waals surface area (Å²) in [5, 5.41) is 6.24. The summed E-state index contributed by atoms with van der Waals surface area (Å²) in [6, 6.07) is 5.89. The summed E-state index contributed by atoms with van der Waals surface area (Å²) in [6.45, 7) is 9.95. The number of aryl methyl sites for hydroxylation is 1. The van der Waals surface area contributed by atoms with Crippen molar-refractivity contribution in [3.8, 4) is 11.5 Å². The smallest absolute Gasteiger partial charge is 0.317 e. The molecule has 30 heavy (non-hydrogen) atoms. The highest BCUT2D eigenvalue weighted by molar-refractivity contribution is 7.13. The lowest BCUT2D eigenvalue weighted by atomic mass is 9.84. The molecule has 7 nitrogen and oxygen atoms in total. The lowest BCUT2D eigenvalue weighted by molar-refractivity contribution is 0.199. The standard InChI is InChI=1S/C22H32N4O3S/c1-16-14-30-21(24-16)26-10-6-9-25(11-12-26)20(27)23-15-22(2,3)17-7-8-18(28-4)19(13-17)29-5/h7-8,13-14H,6,9-12,15H2,1-5H3,(H,23,27). The number of hydrogen-bond donors (Lipinski definition) is 1. The van der Waals surface area contributed by atoms with Gasteiger partial charge in [0, 0.05) is 43.5 Å². The van der Waals surface area contributed by atoms with Gasteiger partial charge in [-0.25, -0.2) is 9.78 Å². The number of amides is 2. The first kappa shape index (κ1) is 22.2. The van der Waals surface area contributed by atoms with E-state index in [1.807, 2.05) is 30.0 Å². The van der Waals surface area contributed by atoms with Crippen molar-refractivity contribution >= 4 is 22.5 Å². The monoisotopic (exact) mass is 432 g/mol. The van der Waals surface area contributed by atoms with Crippen molar-refractivity contribution in [2.24, 2.45) is 0 Å². The van der Waals surface area contributed by atoms with Crippen molar-refractivity contribution in [2.45, 2.75) is 32.6 Å². The van der Waals surface area contributed by atoms with Crippen molar-refractivity contribution < 1.29 is 14.3 Å². The molecule has 164 valence electrons. The number of carbonyl (C=O) groups excluding carboxylic acids is 1. The van der Waals surface area contributed by atoms with E-state index < -0.39 is 0 Å². The minimum absolute atomic E-state index is 0.0132. The molecule has 8 heteroatoms. The number of thiazole rings is 1. The Morgan fingerprint density at radius 1 is 1.17 bits per heavy atom. The van der Waals surface area contributed by atoms with Gasteiger partial charge in [-0.15, -0.1) is 11.3 Å². The quantitative estimate of drug-likeness (QED) is 0.754. The van der Waals surface area contributed by atoms with Crippen LogP contribution < -0.4 is 19.7 Å². The van der Waals surface area contributed by atoms with E-state index >= 15 is 0 Å². The molecule has 1 fully saturated rings. The van der Waals surface area contributed by atoms with Crippen LogP contribution in [-0.2, 0) is 5.41 Å². The molecular weight excluding hydrogens is 400 g/mol. The fourth-order valence-electron chi connectivity index (χ4n) is 3.57. The van der Waals surface area contributed by atoms with Crippen LogP contribution in [0.3, 0.4) is 0 Å². The Kier molecular flexibility index (Phi) is 7.07. The third-order valence-corrected chi connectivity index (χ3v) is 6.53. The predicted molar refractivity (Wildman–Crippen MR) is 121 cm³/mol. The van der Waals surface area contributed by atoms with E-state index in [2.05, 4.69) is 34.4 Å². The van der Waals surface area contributed by atoms with Gasteiger partial charge in [0.1, 0.15) is 0 Å². The van der Waals surface area contributed by atoms with Crippen LogP contribution in [-0.4, -0.2) is 62.9 Å². The predicted octanol–water partition coefficient (Wildman–Crippen LogP) is 3.67. The lowest BCUT2D eigenvalue weighted by Gasteiger charge is -2.29. The molecule has 2 aromatic rings. The molecule has 0 aliphatic carbocycles. The van der Waals surface area contributed by atoms with E-state index in [0.717, 1.165) is 42.4 Å². The van der Waals surface area contributed by atoms with E-state index in [4.69, 9.17) is 9.47 Å². The van der Waals surface area contributed by atoms with Gasteiger partial charge in [0.05, 0.1) is 19.9 Å². The minimum atomic E-state index is -0.245. The van der Waals surface area contributed by atoms with Gasteiger partial charge in [0.25, 0.3) is 0 Å². The van der Waals surface area contributed by atoms with Crippen LogP contribution in [0, 0.1) is 6.92 Å². The van der Waals surface area contributed by atoms with Gasteiger partial charge in [-0.05, 0) is 31.0 Å². The van der Waals surface area contributed by atoms with Gasteiger partial charge in [-0.3, -0.25) is 0 Å². The van der Waals surface area contributed by atoms with Gasteiger partial charge in [0.2, 0.25) is 0 Å². The topological polar surface area (TPSA) is 66.9 Å². The number of benzene rings is 1. The van der Waals surface area contributed by atoms with Crippen molar-refractivity contribution in [1.29, 1.82) is 0 Å². The number of rotatable bonds is 6. The second-order valence-corrected chi connectivity index (χ2v) is 9.05. The second kappa shape index (κ2) is 9.55. The lowest BCUT2D eigenvalue weighted by Crippen LogP contribution is -2.46. The van der Waals surface area contributed by atoms with Crippen LogP contribution in [0.1, 0.15) is 31.5 Å². The molecule has 1 aromatic heterocycles. The van der Waals surface area contributed by atoms with E-state index in [-0.39, 0.29) is 11.4 Å². The molecule has 1 N–H and O–H groups in total. The van der Waals surface area contributed by atoms with Gasteiger partial charge in [0.15, 0.2) is 16.6 Å². The Morgan fingerprint density at radius 3 is 2.60 bits per heavy atom. The summed E-state index contributed by atoms with van der Waals surface area (Å²) in [7, 11) is 3.26. The van der Waals surface area contributed by atoms with E-state index in [9.17, 15) is 4.79 Å². The number of aromatic nitrogens is 1. The van der Waals surface area contributed by atoms with Crippen LogP contribution in [0.15, 0.2) is 23.6 Å². The fourth-order valence-corrected chi connectivity index (χ4v) is 4.42. The highest BCUT2D eigenvalue weighted by Gasteiger charge is 2.26. The molecule has 0 spiro atoms. The summed E-state index contributed by atoms with van der Waals surface area (Å²) in [5.41, 5.74) is 1.89. The number of methoxy groups -OCH3 is 2. The summed E-state index contributed by atoms with van der Waals surface area (Å²) >= 11 is 1.67. The summed E-state index contributed by atoms with van der Waals surface area (Å²) in [5.74, 6) is 1.39. The van der Waals surface area contributed by atoms with Crippen LogP contribution in [0.4, 0.5) is 9.93 Å². The molecule has 0 atom stereocenters. The zero-order valence-electron chi connectivity index (χ0n) is 18.5. The third kappa shape index (κ3) is 5.16. The number of carbonyl (C=O) groups is 1. The minimum Gasteiger partial charge on any atom is -0.493 e. The number of anilines is 1. The highest BCUT2D eigenvalue weighted by Crippen LogP contribution is 2.33. The van der Waals surface area contributed by atoms with Crippen molar-refractivity contribution in [3.63, 3.8) is 0 Å². The highest BCUT2D eigenvalue weighted by atomic mass is 32.1. The molecule has 3 rings (SSSR count). The summed E-state index contributed by atoms with van der Waals surface area (Å²) < 4.78 is 10.8. The molecule has 1 aliphatic rings. The molecule has 2 amide bonds. The molecule has 1 saturated heterocycles. The first-order valence-corrected chi connectivity index (χ1v) is 11.1. The average molecular weight is 433 g/mol. The Bertz CT molecular complexity index is 868. The van der Waals surface area contributed by atoms with Crippen molar-refractivity contribution in [2.75, 3.05) is 51.8 Å². The molecule has 2 heterocycles. The van der Waals surface area contributed by atoms with E-state index in [1.54, 1.807) is 25.6 Å². The van der Waals surface area contributed by atoms with E-state index in [0.29, 0.717) is 24.6 Å². The second-order valence-electron chi connectivity index (χ2n) is 8.21. The Hall–Kier alpha value is -2.48. The molecule has 1 aliphatic heterocycles. The zero-order chi connectivity index (χ0) is 21.7. The number of ether oxygens (including phenoxy) is 2. The Balaban J connectivity index is 1.58. The SMILES string of the molecule is COc1ccc(C(C)(C)CNC(=O)N2CCCN(c3nc(C)cs3)CC2)cc1OC. The first-order valence-electron chi connectivity index (χ1n) is 10.3. The van der Waals surface area contributed by atoms with Gasteiger partial charge in [-0.2, -0.15) is 0 Å². The van der Waals surface area contributed by atoms with Gasteiger partial charge >= 0.3 is 6.03 Å². The summed E-state index contributed by atoms with van der Waals surface area (Å²) in [6.07, 6.45) is 0.936. The Morgan fingerprint density at radius 2 is 1.93 bits per heavy atom. The third-order valence-electron chi connectivity index (χ3n) is 5.51. The average Bonchev–Trinajstić information content (AvgIpc) is 3.03. The molecule has 0 radical (unpaired) electrons. The van der Waals surface area contributed by atoms with Crippen LogP contribution in [0.5, 0.6) is 11.5 Å². The maximum Gasteiger partial charge on any atom is 0.317 e. The van der Waals surface area contributed by atoms with Crippen LogP contribution in [0.2, 0.25) is 0 Å². The molecule has 0 saturated carbocycles.